The van der Waals surface area contributed by atoms with Crippen LogP contribution in [-0.4, -0.2) is 42.7 Å². The summed E-state index contributed by atoms with van der Waals surface area (Å²) in [5.74, 6) is 1.22. The molecule has 0 fully saturated rings. The Bertz CT molecular complexity index is 735. The van der Waals surface area contributed by atoms with Crippen LogP contribution in [0.1, 0.15) is 18.9 Å². The van der Waals surface area contributed by atoms with Gasteiger partial charge in [0.2, 0.25) is 11.8 Å². The number of likely N-dealkylation sites (N-methyl/N-ethyl adjacent to an activating group) is 1. The number of thioether (sulfide) groups is 1. The number of rotatable bonds is 9. The lowest BCUT2D eigenvalue weighted by molar-refractivity contribution is -0.140. The summed E-state index contributed by atoms with van der Waals surface area (Å²) in [6.07, 6.45) is 0.372. The first-order valence-electron chi connectivity index (χ1n) is 8.87. The maximum absolute atomic E-state index is 12.8. The lowest BCUT2D eigenvalue weighted by atomic mass is 10.1. The van der Waals surface area contributed by atoms with Crippen molar-refractivity contribution >= 4 is 23.6 Å². The van der Waals surface area contributed by atoms with E-state index >= 15 is 0 Å². The molecule has 0 spiro atoms. The number of nitrogens with one attached hydrogen (secondary N) is 1. The fourth-order valence-corrected chi connectivity index (χ4v) is 3.50. The summed E-state index contributed by atoms with van der Waals surface area (Å²) in [7, 11) is 3.20. The van der Waals surface area contributed by atoms with Gasteiger partial charge in [-0.05, 0) is 36.8 Å². The summed E-state index contributed by atoms with van der Waals surface area (Å²) >= 11 is 1.64. The Morgan fingerprint density at radius 2 is 1.78 bits per heavy atom. The molecule has 1 N–H and O–H groups in total. The second-order valence-electron chi connectivity index (χ2n) is 6.07. The summed E-state index contributed by atoms with van der Waals surface area (Å²) in [4.78, 5) is 27.7. The van der Waals surface area contributed by atoms with Crippen LogP contribution in [0.5, 0.6) is 5.75 Å². The maximum atomic E-state index is 12.8. The molecule has 144 valence electrons. The van der Waals surface area contributed by atoms with Gasteiger partial charge in [-0.15, -0.1) is 11.8 Å². The molecular formula is C21H26N2O3S. The molecule has 0 saturated heterocycles. The van der Waals surface area contributed by atoms with Gasteiger partial charge in [-0.3, -0.25) is 9.59 Å². The molecule has 0 bridgehead atoms. The Hall–Kier alpha value is -2.47. The number of hydrogen-bond acceptors (Lipinski definition) is 4. The number of benzene rings is 2. The molecule has 2 aromatic rings. The molecule has 2 aromatic carbocycles. The topological polar surface area (TPSA) is 58.6 Å². The summed E-state index contributed by atoms with van der Waals surface area (Å²) in [6.45, 7) is 2.14. The van der Waals surface area contributed by atoms with E-state index in [1.54, 1.807) is 37.7 Å². The number of amides is 2. The van der Waals surface area contributed by atoms with E-state index in [-0.39, 0.29) is 11.8 Å². The van der Waals surface area contributed by atoms with Crippen LogP contribution in [-0.2, 0) is 16.1 Å². The monoisotopic (exact) mass is 386 g/mol. The zero-order chi connectivity index (χ0) is 19.6. The van der Waals surface area contributed by atoms with E-state index in [4.69, 9.17) is 4.74 Å². The van der Waals surface area contributed by atoms with Gasteiger partial charge in [-0.2, -0.15) is 0 Å². The molecule has 27 heavy (non-hydrogen) atoms. The van der Waals surface area contributed by atoms with Gasteiger partial charge in [0.1, 0.15) is 11.8 Å². The van der Waals surface area contributed by atoms with E-state index in [1.165, 1.54) is 0 Å². The van der Waals surface area contributed by atoms with Crippen LogP contribution in [0.4, 0.5) is 0 Å². The van der Waals surface area contributed by atoms with Gasteiger partial charge in [0.05, 0.1) is 7.11 Å². The number of nitrogens with zero attached hydrogens (tertiary/aromatic N) is 1. The van der Waals surface area contributed by atoms with Crippen LogP contribution in [0.3, 0.4) is 0 Å². The lowest BCUT2D eigenvalue weighted by Gasteiger charge is -2.28. The third kappa shape index (κ3) is 6.32. The van der Waals surface area contributed by atoms with Crippen molar-refractivity contribution in [2.45, 2.75) is 30.8 Å². The molecule has 1 unspecified atom stereocenters. The van der Waals surface area contributed by atoms with Gasteiger partial charge in [0.15, 0.2) is 0 Å². The number of carbonyl (C=O) groups is 2. The SMILES string of the molecule is CNC(=O)C(C)N(Cc1ccc(OC)cc1)C(=O)CCSc1ccccc1. The number of hydrogen-bond donors (Lipinski definition) is 1. The smallest absolute Gasteiger partial charge is 0.242 e. The van der Waals surface area contributed by atoms with Crippen molar-refractivity contribution in [3.05, 3.63) is 60.2 Å². The first-order chi connectivity index (χ1) is 13.0. The molecule has 0 heterocycles. The van der Waals surface area contributed by atoms with Gasteiger partial charge in [0, 0.05) is 30.7 Å². The van der Waals surface area contributed by atoms with Crippen LogP contribution in [0.15, 0.2) is 59.5 Å². The number of ether oxygens (including phenoxy) is 1. The predicted octanol–water partition coefficient (Wildman–Crippen LogP) is 3.34. The molecule has 0 aliphatic carbocycles. The van der Waals surface area contributed by atoms with Crippen molar-refractivity contribution in [3.63, 3.8) is 0 Å². The molecule has 2 amide bonds. The Labute approximate surface area is 165 Å². The molecule has 0 aliphatic heterocycles. The van der Waals surface area contributed by atoms with Crippen molar-refractivity contribution in [3.8, 4) is 5.75 Å². The molecule has 0 radical (unpaired) electrons. The largest absolute Gasteiger partial charge is 0.497 e. The molecule has 0 aromatic heterocycles. The van der Waals surface area contributed by atoms with Crippen LogP contribution in [0, 0.1) is 0 Å². The highest BCUT2D eigenvalue weighted by Gasteiger charge is 2.25. The average Bonchev–Trinajstić information content (AvgIpc) is 2.72. The standard InChI is InChI=1S/C21H26N2O3S/c1-16(21(25)22-2)23(15-17-9-11-18(26-3)12-10-17)20(24)13-14-27-19-7-5-4-6-8-19/h4-12,16H,13-15H2,1-3H3,(H,22,25). The second-order valence-corrected chi connectivity index (χ2v) is 7.24. The van der Waals surface area contributed by atoms with E-state index in [2.05, 4.69) is 5.32 Å². The van der Waals surface area contributed by atoms with Gasteiger partial charge in [-0.1, -0.05) is 30.3 Å². The molecule has 1 atom stereocenters. The summed E-state index contributed by atoms with van der Waals surface area (Å²) in [5.41, 5.74) is 0.954. The lowest BCUT2D eigenvalue weighted by Crippen LogP contribution is -2.46. The Morgan fingerprint density at radius 3 is 2.37 bits per heavy atom. The normalized spacial score (nSPS) is 11.5. The fourth-order valence-electron chi connectivity index (χ4n) is 2.64. The van der Waals surface area contributed by atoms with Crippen molar-refractivity contribution in [1.29, 1.82) is 0 Å². The summed E-state index contributed by atoms with van der Waals surface area (Å²) in [6, 6.07) is 17.0. The minimum atomic E-state index is -0.536. The zero-order valence-corrected chi connectivity index (χ0v) is 16.8. The predicted molar refractivity (Wildman–Crippen MR) is 109 cm³/mol. The fraction of sp³-hybridized carbons (Fsp3) is 0.333. The van der Waals surface area contributed by atoms with Gasteiger partial charge in [0.25, 0.3) is 0 Å². The van der Waals surface area contributed by atoms with Crippen LogP contribution >= 0.6 is 11.8 Å². The zero-order valence-electron chi connectivity index (χ0n) is 16.0. The van der Waals surface area contributed by atoms with Crippen LogP contribution in [0.2, 0.25) is 0 Å². The minimum absolute atomic E-state index is 0.0367. The van der Waals surface area contributed by atoms with Crippen molar-refractivity contribution in [1.82, 2.24) is 10.2 Å². The highest BCUT2D eigenvalue weighted by Crippen LogP contribution is 2.20. The molecular weight excluding hydrogens is 360 g/mol. The number of methoxy groups -OCH3 is 1. The Balaban J connectivity index is 2.03. The van der Waals surface area contributed by atoms with Gasteiger partial charge >= 0.3 is 0 Å². The third-order valence-corrected chi connectivity index (χ3v) is 5.27. The van der Waals surface area contributed by atoms with Gasteiger partial charge in [-0.25, -0.2) is 0 Å². The van der Waals surface area contributed by atoms with E-state index in [0.717, 1.165) is 16.2 Å². The average molecular weight is 387 g/mol. The second kappa shape index (κ2) is 10.6. The molecule has 6 heteroatoms. The van der Waals surface area contributed by atoms with E-state index < -0.39 is 6.04 Å². The Morgan fingerprint density at radius 1 is 1.11 bits per heavy atom. The van der Waals surface area contributed by atoms with E-state index in [9.17, 15) is 9.59 Å². The first-order valence-corrected chi connectivity index (χ1v) is 9.85. The highest BCUT2D eigenvalue weighted by atomic mass is 32.2. The minimum Gasteiger partial charge on any atom is -0.497 e. The summed E-state index contributed by atoms with van der Waals surface area (Å²) in [5, 5.41) is 2.63. The molecule has 0 aliphatic rings. The molecule has 2 rings (SSSR count). The highest BCUT2D eigenvalue weighted by molar-refractivity contribution is 7.99. The van der Waals surface area contributed by atoms with Crippen molar-refractivity contribution in [2.24, 2.45) is 0 Å². The van der Waals surface area contributed by atoms with E-state index in [0.29, 0.717) is 18.7 Å². The van der Waals surface area contributed by atoms with Gasteiger partial charge < -0.3 is 15.0 Å². The van der Waals surface area contributed by atoms with E-state index in [1.807, 2.05) is 54.6 Å². The quantitative estimate of drug-likeness (QED) is 0.672. The third-order valence-electron chi connectivity index (χ3n) is 4.25. The van der Waals surface area contributed by atoms with Crippen molar-refractivity contribution < 1.29 is 14.3 Å². The van der Waals surface area contributed by atoms with Crippen LogP contribution < -0.4 is 10.1 Å². The summed E-state index contributed by atoms with van der Waals surface area (Å²) < 4.78 is 5.17. The number of carbonyl (C=O) groups excluding carboxylic acids is 2. The Kier molecular flexibility index (Phi) is 8.20. The van der Waals surface area contributed by atoms with Crippen LogP contribution in [0.25, 0.3) is 0 Å². The maximum Gasteiger partial charge on any atom is 0.242 e. The molecule has 0 saturated carbocycles. The molecule has 5 nitrogen and oxygen atoms in total. The van der Waals surface area contributed by atoms with Crippen molar-refractivity contribution in [2.75, 3.05) is 19.9 Å². The first kappa shape index (κ1) is 20.8.